The molecule has 1 amide bonds. The van der Waals surface area contributed by atoms with E-state index in [4.69, 9.17) is 9.84 Å². The lowest BCUT2D eigenvalue weighted by molar-refractivity contribution is -0.148. The van der Waals surface area contributed by atoms with Gasteiger partial charge < -0.3 is 15.2 Å². The zero-order chi connectivity index (χ0) is 12.3. The number of carbonyl (C=O) groups excluding carboxylic acids is 1. The summed E-state index contributed by atoms with van der Waals surface area (Å²) >= 11 is 0. The third-order valence-electron chi connectivity index (χ3n) is 3.08. The molecule has 0 radical (unpaired) electrons. The first kappa shape index (κ1) is 12.8. The minimum Gasteiger partial charge on any atom is -0.481 e. The van der Waals surface area contributed by atoms with E-state index in [-0.39, 0.29) is 12.1 Å². The largest absolute Gasteiger partial charge is 0.481 e. The topological polar surface area (TPSA) is 75.6 Å². The van der Waals surface area contributed by atoms with Gasteiger partial charge in [-0.3, -0.25) is 4.79 Å². The number of ether oxygens (including phenoxy) is 1. The average molecular weight is 229 g/mol. The molecule has 0 aliphatic heterocycles. The Morgan fingerprint density at radius 1 is 1.50 bits per heavy atom. The summed E-state index contributed by atoms with van der Waals surface area (Å²) in [6, 6.07) is -0.337. The van der Waals surface area contributed by atoms with Crippen LogP contribution in [-0.2, 0) is 9.53 Å². The van der Waals surface area contributed by atoms with E-state index in [1.165, 1.54) is 0 Å². The van der Waals surface area contributed by atoms with E-state index in [0.717, 1.165) is 6.42 Å². The normalized spacial score (nSPS) is 29.1. The molecule has 0 saturated heterocycles. The first-order valence-corrected chi connectivity index (χ1v) is 5.57. The van der Waals surface area contributed by atoms with Gasteiger partial charge in [0.25, 0.3) is 0 Å². The molecule has 2 N–H and O–H groups in total. The fraction of sp³-hybridized carbons (Fsp3) is 0.818. The van der Waals surface area contributed by atoms with Gasteiger partial charge in [0.2, 0.25) is 0 Å². The maximum absolute atomic E-state index is 11.4. The molecule has 2 atom stereocenters. The number of aliphatic carboxylic acids is 1. The molecule has 0 spiro atoms. The van der Waals surface area contributed by atoms with Crippen LogP contribution in [-0.4, -0.2) is 29.3 Å². The van der Waals surface area contributed by atoms with E-state index in [1.807, 2.05) is 0 Å². The summed E-state index contributed by atoms with van der Waals surface area (Å²) in [5.41, 5.74) is -0.865. The molecule has 5 heteroatoms. The monoisotopic (exact) mass is 229 g/mol. The van der Waals surface area contributed by atoms with Gasteiger partial charge in [-0.15, -0.1) is 0 Å². The van der Waals surface area contributed by atoms with Crippen molar-refractivity contribution < 1.29 is 19.4 Å². The number of carbonyl (C=O) groups is 2. The summed E-state index contributed by atoms with van der Waals surface area (Å²) < 4.78 is 4.94. The molecule has 1 aliphatic rings. The van der Waals surface area contributed by atoms with Crippen molar-refractivity contribution in [3.63, 3.8) is 0 Å². The van der Waals surface area contributed by atoms with Crippen LogP contribution in [0, 0.1) is 5.41 Å². The van der Waals surface area contributed by atoms with E-state index in [9.17, 15) is 9.59 Å². The van der Waals surface area contributed by atoms with Crippen LogP contribution in [0.15, 0.2) is 0 Å². The first-order valence-electron chi connectivity index (χ1n) is 5.57. The highest BCUT2D eigenvalue weighted by atomic mass is 16.6. The highest BCUT2D eigenvalue weighted by Crippen LogP contribution is 2.38. The Morgan fingerprint density at radius 3 is 2.62 bits per heavy atom. The Labute approximate surface area is 95.2 Å². The van der Waals surface area contributed by atoms with Crippen LogP contribution >= 0.6 is 0 Å². The minimum absolute atomic E-state index is 0.197. The molecule has 16 heavy (non-hydrogen) atoms. The number of alkyl carbamates (subject to hydrolysis) is 1. The van der Waals surface area contributed by atoms with Crippen molar-refractivity contribution in [1.82, 2.24) is 5.32 Å². The van der Waals surface area contributed by atoms with Crippen molar-refractivity contribution in [3.05, 3.63) is 0 Å². The second kappa shape index (κ2) is 4.72. The SMILES string of the molecule is CC(C)OC(=O)NC1CCCC1(C)C(=O)O. The summed E-state index contributed by atoms with van der Waals surface area (Å²) in [5, 5.41) is 11.8. The molecular weight excluding hydrogens is 210 g/mol. The molecule has 1 rings (SSSR count). The second-order valence-electron chi connectivity index (χ2n) is 4.77. The van der Waals surface area contributed by atoms with Gasteiger partial charge in [0.15, 0.2) is 0 Å². The van der Waals surface area contributed by atoms with Crippen LogP contribution in [0.3, 0.4) is 0 Å². The van der Waals surface area contributed by atoms with E-state index in [0.29, 0.717) is 12.8 Å². The van der Waals surface area contributed by atoms with Crippen LogP contribution in [0.2, 0.25) is 0 Å². The van der Waals surface area contributed by atoms with Crippen LogP contribution in [0.1, 0.15) is 40.0 Å². The van der Waals surface area contributed by atoms with Crippen LogP contribution < -0.4 is 5.32 Å². The van der Waals surface area contributed by atoms with Gasteiger partial charge in [-0.1, -0.05) is 6.42 Å². The molecule has 1 fully saturated rings. The van der Waals surface area contributed by atoms with Crippen molar-refractivity contribution in [2.45, 2.75) is 52.2 Å². The van der Waals surface area contributed by atoms with E-state index in [1.54, 1.807) is 20.8 Å². The Hall–Kier alpha value is -1.26. The van der Waals surface area contributed by atoms with Crippen LogP contribution in [0.4, 0.5) is 4.79 Å². The number of amides is 1. The second-order valence-corrected chi connectivity index (χ2v) is 4.77. The fourth-order valence-corrected chi connectivity index (χ4v) is 2.04. The number of carboxylic acids is 1. The molecule has 0 aromatic carbocycles. The van der Waals surface area contributed by atoms with Gasteiger partial charge in [-0.2, -0.15) is 0 Å². The van der Waals surface area contributed by atoms with E-state index < -0.39 is 17.5 Å². The zero-order valence-electron chi connectivity index (χ0n) is 9.95. The van der Waals surface area contributed by atoms with Crippen molar-refractivity contribution >= 4 is 12.1 Å². The summed E-state index contributed by atoms with van der Waals surface area (Å²) in [7, 11) is 0. The smallest absolute Gasteiger partial charge is 0.407 e. The third kappa shape index (κ3) is 2.65. The predicted molar refractivity (Wildman–Crippen MR) is 58.1 cm³/mol. The molecule has 0 heterocycles. The Morgan fingerprint density at radius 2 is 2.12 bits per heavy atom. The molecule has 5 nitrogen and oxygen atoms in total. The molecule has 2 unspecified atom stereocenters. The highest BCUT2D eigenvalue weighted by molar-refractivity contribution is 5.77. The van der Waals surface area contributed by atoms with E-state index >= 15 is 0 Å². The maximum atomic E-state index is 11.4. The van der Waals surface area contributed by atoms with Gasteiger partial charge in [0.05, 0.1) is 11.5 Å². The summed E-state index contributed by atoms with van der Waals surface area (Å²) in [6.45, 7) is 5.18. The lowest BCUT2D eigenvalue weighted by atomic mass is 9.85. The Bertz CT molecular complexity index is 290. The summed E-state index contributed by atoms with van der Waals surface area (Å²) in [5.74, 6) is -0.861. The van der Waals surface area contributed by atoms with Crippen molar-refractivity contribution in [2.24, 2.45) is 5.41 Å². The number of carboxylic acid groups (broad SMARTS) is 1. The quantitative estimate of drug-likeness (QED) is 0.773. The standard InChI is InChI=1S/C11H19NO4/c1-7(2)16-10(15)12-8-5-4-6-11(8,3)9(13)14/h7-8H,4-6H2,1-3H3,(H,12,15)(H,13,14). The van der Waals surface area contributed by atoms with Gasteiger partial charge in [-0.05, 0) is 33.6 Å². The Balaban J connectivity index is 2.60. The van der Waals surface area contributed by atoms with Crippen molar-refractivity contribution in [2.75, 3.05) is 0 Å². The molecule has 0 aromatic rings. The predicted octanol–water partition coefficient (Wildman–Crippen LogP) is 1.76. The first-order chi connectivity index (χ1) is 7.36. The molecule has 1 saturated carbocycles. The third-order valence-corrected chi connectivity index (χ3v) is 3.08. The van der Waals surface area contributed by atoms with Crippen LogP contribution in [0.25, 0.3) is 0 Å². The zero-order valence-corrected chi connectivity index (χ0v) is 9.95. The molecule has 92 valence electrons. The van der Waals surface area contributed by atoms with Crippen molar-refractivity contribution in [3.8, 4) is 0 Å². The van der Waals surface area contributed by atoms with Gasteiger partial charge in [-0.25, -0.2) is 4.79 Å². The molecule has 0 aromatic heterocycles. The Kier molecular flexibility index (Phi) is 3.78. The lowest BCUT2D eigenvalue weighted by Crippen LogP contribution is -2.47. The molecule has 1 aliphatic carbocycles. The number of hydrogen-bond acceptors (Lipinski definition) is 3. The summed E-state index contributed by atoms with van der Waals surface area (Å²) in [6.07, 6.45) is 1.37. The number of rotatable bonds is 3. The lowest BCUT2D eigenvalue weighted by Gasteiger charge is -2.27. The highest BCUT2D eigenvalue weighted by Gasteiger charge is 2.46. The van der Waals surface area contributed by atoms with Gasteiger partial charge in [0, 0.05) is 6.04 Å². The number of hydrogen-bond donors (Lipinski definition) is 2. The summed E-state index contributed by atoms with van der Waals surface area (Å²) in [4.78, 5) is 22.5. The van der Waals surface area contributed by atoms with Gasteiger partial charge >= 0.3 is 12.1 Å². The van der Waals surface area contributed by atoms with Crippen molar-refractivity contribution in [1.29, 1.82) is 0 Å². The number of nitrogens with one attached hydrogen (secondary N) is 1. The molecule has 0 bridgehead atoms. The minimum atomic E-state index is -0.865. The van der Waals surface area contributed by atoms with E-state index in [2.05, 4.69) is 5.32 Å². The average Bonchev–Trinajstić information content (AvgIpc) is 2.47. The maximum Gasteiger partial charge on any atom is 0.407 e. The fourth-order valence-electron chi connectivity index (χ4n) is 2.04. The van der Waals surface area contributed by atoms with Crippen LogP contribution in [0.5, 0.6) is 0 Å². The van der Waals surface area contributed by atoms with Gasteiger partial charge in [0.1, 0.15) is 0 Å². The molecular formula is C11H19NO4.